The smallest absolute Gasteiger partial charge is 0.147 e. The number of anilines is 2. The molecule has 2 rings (SSSR count). The zero-order valence-corrected chi connectivity index (χ0v) is 9.92. The fourth-order valence-electron chi connectivity index (χ4n) is 1.47. The van der Waals surface area contributed by atoms with E-state index in [-0.39, 0.29) is 0 Å². The van der Waals surface area contributed by atoms with Crippen LogP contribution in [0.3, 0.4) is 0 Å². The second-order valence-corrected chi connectivity index (χ2v) is 4.41. The van der Waals surface area contributed by atoms with Crippen molar-refractivity contribution in [2.75, 3.05) is 11.1 Å². The fraction of sp³-hybridized carbons (Fsp3) is 0.273. The lowest BCUT2D eigenvalue weighted by molar-refractivity contribution is 1.06. The number of hydrogen-bond acceptors (Lipinski definition) is 5. The van der Waals surface area contributed by atoms with Crippen molar-refractivity contribution in [3.63, 3.8) is 0 Å². The first kappa shape index (κ1) is 10.9. The third-order valence-electron chi connectivity index (χ3n) is 2.30. The predicted octanol–water partition coefficient (Wildman–Crippen LogP) is 2.29. The number of hydrogen-bond donors (Lipinski definition) is 2. The molecule has 0 atom stereocenters. The first-order chi connectivity index (χ1) is 7.79. The summed E-state index contributed by atoms with van der Waals surface area (Å²) in [7, 11) is 0. The molecule has 0 aromatic carbocycles. The fourth-order valence-corrected chi connectivity index (χ4v) is 2.39. The number of nitrogens with zero attached hydrogens (tertiary/aromatic N) is 2. The Hall–Kier alpha value is -1.62. The van der Waals surface area contributed by atoms with E-state index in [0.717, 1.165) is 18.8 Å². The highest BCUT2D eigenvalue weighted by Gasteiger charge is 2.02. The Kier molecular flexibility index (Phi) is 3.36. The van der Waals surface area contributed by atoms with Gasteiger partial charge in [-0.2, -0.15) is 0 Å². The van der Waals surface area contributed by atoms with Crippen molar-refractivity contribution in [2.45, 2.75) is 19.9 Å². The zero-order chi connectivity index (χ0) is 11.4. The van der Waals surface area contributed by atoms with Crippen LogP contribution in [-0.2, 0) is 13.0 Å². The predicted molar refractivity (Wildman–Crippen MR) is 67.5 cm³/mol. The molecule has 0 radical (unpaired) electrons. The first-order valence-electron chi connectivity index (χ1n) is 5.16. The summed E-state index contributed by atoms with van der Waals surface area (Å²) in [6.07, 6.45) is 4.27. The molecule has 16 heavy (non-hydrogen) atoms. The van der Waals surface area contributed by atoms with E-state index in [1.807, 2.05) is 0 Å². The van der Waals surface area contributed by atoms with Crippen LogP contribution in [0.15, 0.2) is 23.8 Å². The Morgan fingerprint density at radius 3 is 3.06 bits per heavy atom. The van der Waals surface area contributed by atoms with Gasteiger partial charge in [-0.15, -0.1) is 11.3 Å². The molecule has 0 saturated carbocycles. The molecule has 0 saturated heterocycles. The minimum atomic E-state index is 0.437. The summed E-state index contributed by atoms with van der Waals surface area (Å²) in [6.45, 7) is 2.94. The second-order valence-electron chi connectivity index (χ2n) is 3.41. The normalized spacial score (nSPS) is 10.3. The van der Waals surface area contributed by atoms with Gasteiger partial charge < -0.3 is 11.1 Å². The Balaban J connectivity index is 2.02. The Morgan fingerprint density at radius 1 is 1.44 bits per heavy atom. The number of nitrogens with one attached hydrogen (secondary N) is 1. The molecular formula is C11H14N4S. The van der Waals surface area contributed by atoms with Crippen LogP contribution in [0.1, 0.15) is 17.4 Å². The van der Waals surface area contributed by atoms with Crippen LogP contribution in [-0.4, -0.2) is 9.97 Å². The van der Waals surface area contributed by atoms with Gasteiger partial charge in [0, 0.05) is 4.88 Å². The first-order valence-corrected chi connectivity index (χ1v) is 6.04. The van der Waals surface area contributed by atoms with Gasteiger partial charge >= 0.3 is 0 Å². The molecule has 0 unspecified atom stereocenters. The maximum Gasteiger partial charge on any atom is 0.147 e. The number of nitrogen functional groups attached to an aromatic ring is 1. The van der Waals surface area contributed by atoms with Crippen molar-refractivity contribution < 1.29 is 0 Å². The molecule has 0 spiro atoms. The highest BCUT2D eigenvalue weighted by Crippen LogP contribution is 2.18. The second kappa shape index (κ2) is 4.94. The quantitative estimate of drug-likeness (QED) is 0.852. The minimum Gasteiger partial charge on any atom is -0.382 e. The molecule has 0 aliphatic carbocycles. The van der Waals surface area contributed by atoms with Crippen LogP contribution >= 0.6 is 11.3 Å². The van der Waals surface area contributed by atoms with E-state index in [0.29, 0.717) is 5.82 Å². The maximum absolute atomic E-state index is 5.55. The average Bonchev–Trinajstić information content (AvgIpc) is 2.74. The lowest BCUT2D eigenvalue weighted by Crippen LogP contribution is -2.03. The van der Waals surface area contributed by atoms with Crippen LogP contribution in [0.5, 0.6) is 0 Å². The third-order valence-corrected chi connectivity index (χ3v) is 3.27. The number of thiophene rings is 1. The maximum atomic E-state index is 5.55. The lowest BCUT2D eigenvalue weighted by atomic mass is 10.2. The van der Waals surface area contributed by atoms with Crippen molar-refractivity contribution in [3.8, 4) is 0 Å². The highest BCUT2D eigenvalue weighted by atomic mass is 32.1. The standard InChI is InChI=1S/C11H14N4S/c1-2-8-3-4-16-9(8)5-14-11-7-13-6-10(12)15-11/h3-4,6-7H,2,5H2,1H3,(H3,12,14,15). The van der Waals surface area contributed by atoms with Gasteiger partial charge in [0.05, 0.1) is 18.9 Å². The number of nitrogens with two attached hydrogens (primary N) is 1. The number of aromatic nitrogens is 2. The molecular weight excluding hydrogens is 220 g/mol. The van der Waals surface area contributed by atoms with E-state index < -0.39 is 0 Å². The van der Waals surface area contributed by atoms with Crippen LogP contribution < -0.4 is 11.1 Å². The molecule has 0 aliphatic rings. The van der Waals surface area contributed by atoms with Crippen molar-refractivity contribution in [1.29, 1.82) is 0 Å². The molecule has 0 fully saturated rings. The van der Waals surface area contributed by atoms with Gasteiger partial charge in [-0.3, -0.25) is 4.98 Å². The summed E-state index contributed by atoms with van der Waals surface area (Å²) in [6, 6.07) is 2.16. The summed E-state index contributed by atoms with van der Waals surface area (Å²) >= 11 is 1.76. The monoisotopic (exact) mass is 234 g/mol. The van der Waals surface area contributed by atoms with Gasteiger partial charge in [0.15, 0.2) is 0 Å². The third kappa shape index (κ3) is 2.49. The average molecular weight is 234 g/mol. The molecule has 2 heterocycles. The van der Waals surface area contributed by atoms with Gasteiger partial charge in [-0.25, -0.2) is 4.98 Å². The van der Waals surface area contributed by atoms with Crippen molar-refractivity contribution >= 4 is 23.0 Å². The zero-order valence-electron chi connectivity index (χ0n) is 9.10. The topological polar surface area (TPSA) is 63.8 Å². The van der Waals surface area contributed by atoms with Crippen molar-refractivity contribution in [2.24, 2.45) is 0 Å². The SMILES string of the molecule is CCc1ccsc1CNc1cncc(N)n1. The molecule has 4 nitrogen and oxygen atoms in total. The van der Waals surface area contributed by atoms with E-state index in [4.69, 9.17) is 5.73 Å². The molecule has 84 valence electrons. The Morgan fingerprint density at radius 2 is 2.31 bits per heavy atom. The summed E-state index contributed by atoms with van der Waals surface area (Å²) in [5, 5.41) is 5.33. The molecule has 0 bridgehead atoms. The molecule has 5 heteroatoms. The molecule has 0 amide bonds. The van der Waals surface area contributed by atoms with Crippen LogP contribution in [0.25, 0.3) is 0 Å². The summed E-state index contributed by atoms with van der Waals surface area (Å²) in [4.78, 5) is 9.46. The van der Waals surface area contributed by atoms with Gasteiger partial charge in [0.1, 0.15) is 11.6 Å². The molecule has 3 N–H and O–H groups in total. The summed E-state index contributed by atoms with van der Waals surface area (Å²) < 4.78 is 0. The largest absolute Gasteiger partial charge is 0.382 e. The van der Waals surface area contributed by atoms with E-state index >= 15 is 0 Å². The van der Waals surface area contributed by atoms with E-state index in [9.17, 15) is 0 Å². The summed E-state index contributed by atoms with van der Waals surface area (Å²) in [5.41, 5.74) is 6.94. The molecule has 0 aliphatic heterocycles. The van der Waals surface area contributed by atoms with Gasteiger partial charge in [0.25, 0.3) is 0 Å². The van der Waals surface area contributed by atoms with Gasteiger partial charge in [-0.05, 0) is 23.4 Å². The molecule has 2 aromatic rings. The number of rotatable bonds is 4. The van der Waals surface area contributed by atoms with Crippen molar-refractivity contribution in [3.05, 3.63) is 34.3 Å². The van der Waals surface area contributed by atoms with E-state index in [1.54, 1.807) is 17.5 Å². The van der Waals surface area contributed by atoms with Crippen LogP contribution in [0, 0.1) is 0 Å². The molecule has 2 aromatic heterocycles. The summed E-state index contributed by atoms with van der Waals surface area (Å²) in [5.74, 6) is 1.15. The van der Waals surface area contributed by atoms with Gasteiger partial charge in [-0.1, -0.05) is 6.92 Å². The minimum absolute atomic E-state index is 0.437. The Labute approximate surface area is 98.6 Å². The van der Waals surface area contributed by atoms with E-state index in [1.165, 1.54) is 16.6 Å². The van der Waals surface area contributed by atoms with Crippen LogP contribution in [0.4, 0.5) is 11.6 Å². The van der Waals surface area contributed by atoms with E-state index in [2.05, 4.69) is 33.7 Å². The van der Waals surface area contributed by atoms with Gasteiger partial charge in [0.2, 0.25) is 0 Å². The van der Waals surface area contributed by atoms with Crippen molar-refractivity contribution in [1.82, 2.24) is 9.97 Å². The Bertz CT molecular complexity index is 467. The number of aryl methyl sites for hydroxylation is 1. The van der Waals surface area contributed by atoms with Crippen LogP contribution in [0.2, 0.25) is 0 Å². The lowest BCUT2D eigenvalue weighted by Gasteiger charge is -2.05. The highest BCUT2D eigenvalue weighted by molar-refractivity contribution is 7.10.